The first-order valence-corrected chi connectivity index (χ1v) is 11.7. The molecule has 35 heavy (non-hydrogen) atoms. The Balaban J connectivity index is 2.16. The van der Waals surface area contributed by atoms with Gasteiger partial charge in [-0.2, -0.15) is 0 Å². The average Bonchev–Trinajstić information content (AvgIpc) is 2.77. The van der Waals surface area contributed by atoms with Gasteiger partial charge >= 0.3 is 17.9 Å². The van der Waals surface area contributed by atoms with E-state index in [1.807, 2.05) is 26.0 Å². The Morgan fingerprint density at radius 1 is 1.26 bits per heavy atom. The van der Waals surface area contributed by atoms with Gasteiger partial charge in [-0.3, -0.25) is 19.9 Å². The smallest absolute Gasteiger partial charge is 0.413 e. The number of aromatic nitrogens is 1. The molecular weight excluding hydrogens is 446 g/mol. The van der Waals surface area contributed by atoms with Crippen molar-refractivity contribution >= 4 is 36.1 Å². The summed E-state index contributed by atoms with van der Waals surface area (Å²) in [7, 11) is 0. The molecule has 2 atom stereocenters. The maximum atomic E-state index is 13.2. The van der Waals surface area contributed by atoms with Crippen molar-refractivity contribution in [1.82, 2.24) is 9.88 Å². The molecule has 9 heteroatoms. The summed E-state index contributed by atoms with van der Waals surface area (Å²) < 4.78 is 5.24. The molecule has 0 spiro atoms. The van der Waals surface area contributed by atoms with Gasteiger partial charge < -0.3 is 15.0 Å². The molecule has 0 unspecified atom stereocenters. The summed E-state index contributed by atoms with van der Waals surface area (Å²) >= 11 is 0. The molecule has 1 aromatic rings. The van der Waals surface area contributed by atoms with E-state index in [4.69, 9.17) is 4.74 Å². The summed E-state index contributed by atoms with van der Waals surface area (Å²) in [6, 6.07) is 1.42. The van der Waals surface area contributed by atoms with Crippen LogP contribution in [0.2, 0.25) is 0 Å². The van der Waals surface area contributed by atoms with Crippen molar-refractivity contribution in [2.75, 3.05) is 17.2 Å². The number of aryl methyl sites for hydroxylation is 1. The van der Waals surface area contributed by atoms with Crippen LogP contribution >= 0.6 is 0 Å². The summed E-state index contributed by atoms with van der Waals surface area (Å²) in [5.41, 5.74) is 2.00. The first-order chi connectivity index (χ1) is 16.3. The monoisotopic (exact) mass is 483 g/mol. The number of pyridine rings is 1. The van der Waals surface area contributed by atoms with Gasteiger partial charge in [-0.25, -0.2) is 9.78 Å². The minimum absolute atomic E-state index is 0.216. The number of anilines is 2. The SMILES string of the molecule is C=N/C(C)=C\C(=C/C)[C@H]1CC[C@H](C)CN1C(=O)C(=O)Nc1cnc(NC(=O)OC(C)(C)C)c(C)c1. The van der Waals surface area contributed by atoms with Crippen molar-refractivity contribution in [1.29, 1.82) is 0 Å². The Kier molecular flexibility index (Phi) is 9.33. The zero-order valence-corrected chi connectivity index (χ0v) is 21.8. The number of piperidine rings is 1. The van der Waals surface area contributed by atoms with Crippen LogP contribution in [-0.2, 0) is 14.3 Å². The van der Waals surface area contributed by atoms with E-state index in [-0.39, 0.29) is 12.0 Å². The second kappa shape index (κ2) is 11.8. The Morgan fingerprint density at radius 3 is 2.51 bits per heavy atom. The highest BCUT2D eigenvalue weighted by molar-refractivity contribution is 6.39. The molecule has 0 saturated carbocycles. The number of nitrogens with zero attached hydrogens (tertiary/aromatic N) is 3. The van der Waals surface area contributed by atoms with Gasteiger partial charge in [-0.05, 0) is 90.3 Å². The predicted molar refractivity (Wildman–Crippen MR) is 138 cm³/mol. The van der Waals surface area contributed by atoms with Crippen LogP contribution in [0.25, 0.3) is 0 Å². The summed E-state index contributed by atoms with van der Waals surface area (Å²) in [5.74, 6) is -0.752. The zero-order valence-electron chi connectivity index (χ0n) is 21.8. The number of ether oxygens (including phenoxy) is 1. The molecule has 1 saturated heterocycles. The van der Waals surface area contributed by atoms with Crippen LogP contribution in [0.1, 0.15) is 59.9 Å². The number of hydrogen-bond donors (Lipinski definition) is 2. The van der Waals surface area contributed by atoms with Gasteiger partial charge in [0.2, 0.25) is 0 Å². The fraction of sp³-hybridized carbons (Fsp3) is 0.500. The fourth-order valence-corrected chi connectivity index (χ4v) is 3.87. The van der Waals surface area contributed by atoms with Crippen LogP contribution in [0.3, 0.4) is 0 Å². The van der Waals surface area contributed by atoms with Crippen LogP contribution in [0.4, 0.5) is 16.3 Å². The van der Waals surface area contributed by atoms with Crippen LogP contribution < -0.4 is 10.6 Å². The number of amides is 3. The van der Waals surface area contributed by atoms with Crippen molar-refractivity contribution in [2.45, 2.75) is 73.0 Å². The van der Waals surface area contributed by atoms with Crippen molar-refractivity contribution in [3.63, 3.8) is 0 Å². The van der Waals surface area contributed by atoms with Crippen molar-refractivity contribution in [2.24, 2.45) is 10.9 Å². The van der Waals surface area contributed by atoms with Gasteiger partial charge in [0.1, 0.15) is 11.4 Å². The van der Waals surface area contributed by atoms with Crippen LogP contribution in [0.15, 0.2) is 40.7 Å². The third-order valence-corrected chi connectivity index (χ3v) is 5.57. The minimum atomic E-state index is -0.740. The minimum Gasteiger partial charge on any atom is -0.444 e. The second-order valence-electron chi connectivity index (χ2n) is 9.86. The van der Waals surface area contributed by atoms with Gasteiger partial charge in [0.25, 0.3) is 0 Å². The summed E-state index contributed by atoms with van der Waals surface area (Å²) in [4.78, 5) is 47.9. The van der Waals surface area contributed by atoms with Crippen LogP contribution in [0.5, 0.6) is 0 Å². The van der Waals surface area contributed by atoms with Crippen LogP contribution in [-0.4, -0.2) is 52.7 Å². The molecule has 0 aliphatic carbocycles. The van der Waals surface area contributed by atoms with Crippen molar-refractivity contribution < 1.29 is 19.1 Å². The Morgan fingerprint density at radius 2 is 1.94 bits per heavy atom. The highest BCUT2D eigenvalue weighted by Crippen LogP contribution is 2.28. The molecule has 2 heterocycles. The van der Waals surface area contributed by atoms with E-state index in [1.54, 1.807) is 38.7 Å². The van der Waals surface area contributed by atoms with Crippen molar-refractivity contribution in [3.05, 3.63) is 41.2 Å². The summed E-state index contributed by atoms with van der Waals surface area (Å²) in [6.45, 7) is 16.9. The number of carbonyl (C=O) groups excluding carboxylic acids is 3. The molecule has 1 aromatic heterocycles. The first kappa shape index (κ1) is 27.8. The second-order valence-corrected chi connectivity index (χ2v) is 9.86. The van der Waals surface area contributed by atoms with Gasteiger partial charge in [-0.1, -0.05) is 13.0 Å². The Bertz CT molecular complexity index is 1040. The molecular formula is C26H37N5O4. The standard InChI is InChI=1S/C26H37N5O4/c1-9-19(13-18(4)27-8)21-11-10-16(2)15-31(21)24(33)23(32)29-20-12-17(3)22(28-14-20)30-25(34)35-26(5,6)7/h9,12-14,16,21H,8,10-11,15H2,1-7H3,(H,29,32)(H,28,30,34)/b18-13-,19-9+/t16-,21+/m0/s1. The van der Waals surface area contributed by atoms with E-state index in [0.717, 1.165) is 24.1 Å². The van der Waals surface area contributed by atoms with Gasteiger partial charge in [0.15, 0.2) is 0 Å². The molecule has 2 N–H and O–H groups in total. The molecule has 190 valence electrons. The van der Waals surface area contributed by atoms with Gasteiger partial charge in [0.05, 0.1) is 17.9 Å². The van der Waals surface area contributed by atoms with Gasteiger partial charge in [0, 0.05) is 12.2 Å². The largest absolute Gasteiger partial charge is 0.444 e. The predicted octanol–water partition coefficient (Wildman–Crippen LogP) is 4.85. The number of aliphatic imine (C=N–C) groups is 1. The van der Waals surface area contributed by atoms with E-state index < -0.39 is 23.5 Å². The van der Waals surface area contributed by atoms with Crippen molar-refractivity contribution in [3.8, 4) is 0 Å². The number of allylic oxidation sites excluding steroid dienone is 2. The molecule has 0 bridgehead atoms. The molecule has 1 aliphatic heterocycles. The number of nitrogens with one attached hydrogen (secondary N) is 2. The maximum Gasteiger partial charge on any atom is 0.413 e. The highest BCUT2D eigenvalue weighted by Gasteiger charge is 2.34. The number of likely N-dealkylation sites (tertiary alicyclic amines) is 1. The molecule has 3 amide bonds. The summed E-state index contributed by atoms with van der Waals surface area (Å²) in [6.07, 6.45) is 6.32. The van der Waals surface area contributed by atoms with E-state index in [2.05, 4.69) is 34.3 Å². The lowest BCUT2D eigenvalue weighted by Crippen LogP contribution is -2.51. The lowest BCUT2D eigenvalue weighted by molar-refractivity contribution is -0.145. The third kappa shape index (κ3) is 8.05. The van der Waals surface area contributed by atoms with E-state index >= 15 is 0 Å². The van der Waals surface area contributed by atoms with Gasteiger partial charge in [-0.15, -0.1) is 0 Å². The topological polar surface area (TPSA) is 113 Å². The fourth-order valence-electron chi connectivity index (χ4n) is 3.87. The molecule has 1 aliphatic rings. The normalized spacial score (nSPS) is 19.1. The molecule has 0 radical (unpaired) electrons. The summed E-state index contributed by atoms with van der Waals surface area (Å²) in [5, 5.41) is 5.23. The molecule has 9 nitrogen and oxygen atoms in total. The average molecular weight is 484 g/mol. The highest BCUT2D eigenvalue weighted by atomic mass is 16.6. The lowest BCUT2D eigenvalue weighted by atomic mass is 9.89. The number of rotatable bonds is 5. The Labute approximate surface area is 207 Å². The Hall–Kier alpha value is -3.49. The van der Waals surface area contributed by atoms with E-state index in [1.165, 1.54) is 6.20 Å². The molecule has 0 aromatic carbocycles. The third-order valence-electron chi connectivity index (χ3n) is 5.57. The number of carbonyl (C=O) groups is 3. The van der Waals surface area contributed by atoms with Crippen LogP contribution in [0, 0.1) is 12.8 Å². The van der Waals surface area contributed by atoms with E-state index in [9.17, 15) is 14.4 Å². The first-order valence-electron chi connectivity index (χ1n) is 11.7. The van der Waals surface area contributed by atoms with E-state index in [0.29, 0.717) is 23.6 Å². The maximum absolute atomic E-state index is 13.2. The molecule has 2 rings (SSSR count). The molecule has 1 fully saturated rings. The zero-order chi connectivity index (χ0) is 26.3. The number of hydrogen-bond acceptors (Lipinski definition) is 6. The quantitative estimate of drug-likeness (QED) is 0.353. The lowest BCUT2D eigenvalue weighted by Gasteiger charge is -2.39.